The summed E-state index contributed by atoms with van der Waals surface area (Å²) < 4.78 is 4.60. The third kappa shape index (κ3) is 6.23. The lowest BCUT2D eigenvalue weighted by atomic mass is 10.0. The number of nitrogens with zero attached hydrogens (tertiary/aromatic N) is 6. The Hall–Kier alpha value is -8.61. The molecule has 0 radical (unpaired) electrons. The Bertz CT molecular complexity index is 3560. The lowest BCUT2D eigenvalue weighted by molar-refractivity contribution is 0.952. The summed E-state index contributed by atoms with van der Waals surface area (Å²) in [6.07, 6.45) is 0. The van der Waals surface area contributed by atoms with Crippen LogP contribution in [0.5, 0.6) is 0 Å². The van der Waals surface area contributed by atoms with Crippen molar-refractivity contribution >= 4 is 60.7 Å². The van der Waals surface area contributed by atoms with Crippen molar-refractivity contribution in [2.24, 2.45) is 0 Å². The molecule has 3 aromatic heterocycles. The van der Waals surface area contributed by atoms with Crippen molar-refractivity contribution in [2.45, 2.75) is 0 Å². The molecule has 6 nitrogen and oxygen atoms in total. The zero-order valence-electron chi connectivity index (χ0n) is 34.1. The first-order valence-corrected chi connectivity index (χ1v) is 21.2. The van der Waals surface area contributed by atoms with E-state index in [9.17, 15) is 0 Å². The molecule has 3 heterocycles. The molecular weight excluding hydrogens is 769 g/mol. The number of fused-ring (bicyclic) bond motifs is 6. The molecule has 0 saturated carbocycles. The van der Waals surface area contributed by atoms with Crippen molar-refractivity contribution in [3.63, 3.8) is 0 Å². The standard InChI is InChI=1S/C57H38N6/c1-4-18-39(19-5-1)40-34-36-42(37-35-40)56-58-55(41-20-6-2-7-21-41)59-57(60-56)63-52-32-15-12-28-48(52)49-29-17-33-53(54(49)63)61(43-22-8-3-9-23-43)44-24-16-25-45(38-44)62-50-30-13-10-26-46(50)47-27-11-14-31-51(47)62/h1-38H. The summed E-state index contributed by atoms with van der Waals surface area (Å²) in [5.74, 6) is 1.74. The van der Waals surface area contributed by atoms with Crippen LogP contribution in [0, 0.1) is 0 Å². The van der Waals surface area contributed by atoms with Crippen LogP contribution in [0.1, 0.15) is 0 Å². The number of benzene rings is 9. The molecular formula is C57H38N6. The van der Waals surface area contributed by atoms with Gasteiger partial charge in [-0.2, -0.15) is 9.97 Å². The number of para-hydroxylation sites is 5. The van der Waals surface area contributed by atoms with Gasteiger partial charge in [-0.15, -0.1) is 0 Å². The van der Waals surface area contributed by atoms with Crippen LogP contribution in [0.3, 0.4) is 0 Å². The summed E-state index contributed by atoms with van der Waals surface area (Å²) in [6, 6.07) is 81.0. The molecule has 0 amide bonds. The number of aromatic nitrogens is 5. The first kappa shape index (κ1) is 36.3. The average Bonchev–Trinajstić information content (AvgIpc) is 3.89. The van der Waals surface area contributed by atoms with Crippen LogP contribution >= 0.6 is 0 Å². The van der Waals surface area contributed by atoms with Gasteiger partial charge in [-0.25, -0.2) is 4.98 Å². The number of anilines is 3. The topological polar surface area (TPSA) is 51.8 Å². The van der Waals surface area contributed by atoms with Gasteiger partial charge >= 0.3 is 0 Å². The van der Waals surface area contributed by atoms with Crippen LogP contribution in [0.2, 0.25) is 0 Å². The second-order valence-electron chi connectivity index (χ2n) is 15.7. The summed E-state index contributed by atoms with van der Waals surface area (Å²) >= 11 is 0. The molecule has 296 valence electrons. The second-order valence-corrected chi connectivity index (χ2v) is 15.7. The van der Waals surface area contributed by atoms with Gasteiger partial charge in [-0.3, -0.25) is 4.57 Å². The quantitative estimate of drug-likeness (QED) is 0.153. The molecule has 9 aromatic carbocycles. The zero-order chi connectivity index (χ0) is 41.7. The summed E-state index contributed by atoms with van der Waals surface area (Å²) in [5.41, 5.74) is 12.5. The number of rotatable bonds is 8. The van der Waals surface area contributed by atoms with E-state index in [-0.39, 0.29) is 0 Å². The minimum absolute atomic E-state index is 0.539. The molecule has 0 fully saturated rings. The van der Waals surface area contributed by atoms with Crippen molar-refractivity contribution in [1.82, 2.24) is 24.1 Å². The largest absolute Gasteiger partial charge is 0.309 e. The van der Waals surface area contributed by atoms with Gasteiger partial charge in [0.05, 0.1) is 27.8 Å². The van der Waals surface area contributed by atoms with E-state index in [0.29, 0.717) is 17.6 Å². The predicted octanol–water partition coefficient (Wildman–Crippen LogP) is 14.5. The summed E-state index contributed by atoms with van der Waals surface area (Å²) in [7, 11) is 0. The van der Waals surface area contributed by atoms with Gasteiger partial charge in [-0.05, 0) is 65.7 Å². The maximum atomic E-state index is 5.34. The van der Waals surface area contributed by atoms with E-state index in [2.05, 4.69) is 220 Å². The van der Waals surface area contributed by atoms with E-state index in [1.54, 1.807) is 0 Å². The molecule has 6 heteroatoms. The fraction of sp³-hybridized carbons (Fsp3) is 0. The van der Waals surface area contributed by atoms with E-state index in [4.69, 9.17) is 15.0 Å². The maximum Gasteiger partial charge on any atom is 0.238 e. The summed E-state index contributed by atoms with van der Waals surface area (Å²) in [4.78, 5) is 18.1. The number of hydrogen-bond acceptors (Lipinski definition) is 4. The minimum Gasteiger partial charge on any atom is -0.309 e. The van der Waals surface area contributed by atoms with Crippen molar-refractivity contribution in [3.8, 4) is 45.5 Å². The Labute approximate surface area is 364 Å². The van der Waals surface area contributed by atoms with E-state index >= 15 is 0 Å². The van der Waals surface area contributed by atoms with Gasteiger partial charge in [0.25, 0.3) is 0 Å². The summed E-state index contributed by atoms with van der Waals surface area (Å²) in [6.45, 7) is 0. The highest BCUT2D eigenvalue weighted by molar-refractivity contribution is 6.14. The minimum atomic E-state index is 0.539. The zero-order valence-corrected chi connectivity index (χ0v) is 34.1. The molecule has 0 bridgehead atoms. The van der Waals surface area contributed by atoms with E-state index < -0.39 is 0 Å². The first-order valence-electron chi connectivity index (χ1n) is 21.2. The van der Waals surface area contributed by atoms with Gasteiger partial charge in [0.2, 0.25) is 5.95 Å². The smallest absolute Gasteiger partial charge is 0.238 e. The van der Waals surface area contributed by atoms with Gasteiger partial charge in [0.15, 0.2) is 11.6 Å². The second kappa shape index (κ2) is 15.1. The van der Waals surface area contributed by atoms with Crippen molar-refractivity contribution in [3.05, 3.63) is 231 Å². The van der Waals surface area contributed by atoms with Gasteiger partial charge in [-0.1, -0.05) is 176 Å². The van der Waals surface area contributed by atoms with Crippen molar-refractivity contribution < 1.29 is 0 Å². The summed E-state index contributed by atoms with van der Waals surface area (Å²) in [5, 5.41) is 4.66. The number of hydrogen-bond donors (Lipinski definition) is 0. The molecule has 0 atom stereocenters. The van der Waals surface area contributed by atoms with Gasteiger partial charge in [0, 0.05) is 49.7 Å². The molecule has 0 N–H and O–H groups in total. The van der Waals surface area contributed by atoms with Gasteiger partial charge in [0.1, 0.15) is 0 Å². The lowest BCUT2D eigenvalue weighted by Gasteiger charge is -2.27. The van der Waals surface area contributed by atoms with Crippen LogP contribution in [-0.2, 0) is 0 Å². The Morgan fingerprint density at radius 3 is 1.40 bits per heavy atom. The lowest BCUT2D eigenvalue weighted by Crippen LogP contribution is -2.13. The molecule has 0 aliphatic heterocycles. The monoisotopic (exact) mass is 806 g/mol. The molecule has 0 aliphatic carbocycles. The SMILES string of the molecule is c1ccc(-c2ccc(-c3nc(-c4ccccc4)nc(-n4c5ccccc5c5cccc(N(c6ccccc6)c6cccc(-n7c8ccccc8c8ccccc87)c6)c54)n3)cc2)cc1. The van der Waals surface area contributed by atoms with Crippen molar-refractivity contribution in [2.75, 3.05) is 4.90 Å². The van der Waals surface area contributed by atoms with E-state index in [1.807, 2.05) is 24.3 Å². The molecule has 0 saturated heterocycles. The van der Waals surface area contributed by atoms with Crippen LogP contribution in [0.25, 0.3) is 89.2 Å². The predicted molar refractivity (Wildman–Crippen MR) is 259 cm³/mol. The fourth-order valence-electron chi connectivity index (χ4n) is 9.12. The van der Waals surface area contributed by atoms with Crippen molar-refractivity contribution in [1.29, 1.82) is 0 Å². The highest BCUT2D eigenvalue weighted by Gasteiger charge is 2.24. The molecule has 0 unspecified atom stereocenters. The normalized spacial score (nSPS) is 11.5. The molecule has 0 spiro atoms. The third-order valence-corrected chi connectivity index (χ3v) is 12.0. The Kier molecular flexibility index (Phi) is 8.71. The Balaban J connectivity index is 1.10. The maximum absolute atomic E-state index is 5.34. The van der Waals surface area contributed by atoms with Gasteiger partial charge < -0.3 is 9.47 Å². The van der Waals surface area contributed by atoms with Crippen LogP contribution in [0.15, 0.2) is 231 Å². The Morgan fingerprint density at radius 1 is 0.317 bits per heavy atom. The van der Waals surface area contributed by atoms with E-state index in [1.165, 1.54) is 21.8 Å². The molecule has 12 rings (SSSR count). The van der Waals surface area contributed by atoms with Crippen LogP contribution in [0.4, 0.5) is 17.1 Å². The molecule has 12 aromatic rings. The Morgan fingerprint density at radius 2 is 0.762 bits per heavy atom. The molecule has 63 heavy (non-hydrogen) atoms. The van der Waals surface area contributed by atoms with Crippen LogP contribution in [-0.4, -0.2) is 24.1 Å². The van der Waals surface area contributed by atoms with E-state index in [0.717, 1.165) is 66.8 Å². The molecule has 0 aliphatic rings. The first-order chi connectivity index (χ1) is 31.3. The fourth-order valence-corrected chi connectivity index (χ4v) is 9.12. The van der Waals surface area contributed by atoms with Crippen LogP contribution < -0.4 is 4.90 Å². The highest BCUT2D eigenvalue weighted by Crippen LogP contribution is 2.44. The average molecular weight is 807 g/mol. The third-order valence-electron chi connectivity index (χ3n) is 12.0. The highest BCUT2D eigenvalue weighted by atomic mass is 15.2.